The van der Waals surface area contributed by atoms with Crippen LogP contribution in [0.2, 0.25) is 0 Å². The van der Waals surface area contributed by atoms with E-state index in [0.29, 0.717) is 34.7 Å². The van der Waals surface area contributed by atoms with Gasteiger partial charge in [0.15, 0.2) is 0 Å². The Balaban J connectivity index is 1.35. The van der Waals surface area contributed by atoms with E-state index in [1.807, 2.05) is 6.07 Å². The predicted molar refractivity (Wildman–Crippen MR) is 131 cm³/mol. The second kappa shape index (κ2) is 9.48. The highest BCUT2D eigenvalue weighted by Gasteiger charge is 2.24. The minimum Gasteiger partial charge on any atom is -0.390 e. The molecule has 5 rings (SSSR count). The molecule has 3 aromatic heterocycles. The lowest BCUT2D eigenvalue weighted by Gasteiger charge is -2.32. The van der Waals surface area contributed by atoms with Gasteiger partial charge in [-0.1, -0.05) is 6.92 Å². The molecular weight excluding hydrogens is 431 g/mol. The standard InChI is InChI=1S/C26H29FN6O/c1-17(18-7-10-32(2)11-8-18)23-5-3-19-15-28-26(14-25(19)29-23)30-24-6-4-21(13-22(24)27)33-12-9-20(16-34)31-33/h3-6,9,12-15,17-18,34H,7-8,10-11,16H2,1-2H3,(H,28,30). The normalized spacial score (nSPS) is 16.1. The number of pyridine rings is 2. The van der Waals surface area contributed by atoms with Crippen LogP contribution >= 0.6 is 0 Å². The van der Waals surface area contributed by atoms with Crippen molar-refractivity contribution in [2.75, 3.05) is 25.5 Å². The van der Waals surface area contributed by atoms with Gasteiger partial charge in [0.2, 0.25) is 0 Å². The van der Waals surface area contributed by atoms with Gasteiger partial charge < -0.3 is 15.3 Å². The van der Waals surface area contributed by atoms with Crippen LogP contribution in [0.1, 0.15) is 37.1 Å². The molecule has 0 spiro atoms. The lowest BCUT2D eigenvalue weighted by molar-refractivity contribution is 0.201. The summed E-state index contributed by atoms with van der Waals surface area (Å²) >= 11 is 0. The van der Waals surface area contributed by atoms with Gasteiger partial charge in [-0.15, -0.1) is 0 Å². The summed E-state index contributed by atoms with van der Waals surface area (Å²) in [7, 11) is 2.18. The summed E-state index contributed by atoms with van der Waals surface area (Å²) in [6.45, 7) is 4.38. The number of fused-ring (bicyclic) bond motifs is 1. The number of aliphatic hydroxyl groups is 1. The number of likely N-dealkylation sites (tertiary alicyclic amines) is 1. The molecule has 0 amide bonds. The molecule has 1 saturated heterocycles. The zero-order valence-electron chi connectivity index (χ0n) is 19.4. The van der Waals surface area contributed by atoms with Crippen LogP contribution in [-0.4, -0.2) is 49.9 Å². The number of rotatable bonds is 6. The first-order valence-electron chi connectivity index (χ1n) is 11.7. The second-order valence-corrected chi connectivity index (χ2v) is 9.13. The third kappa shape index (κ3) is 4.64. The monoisotopic (exact) mass is 460 g/mol. The number of aromatic nitrogens is 4. The molecule has 0 saturated carbocycles. The number of nitrogens with zero attached hydrogens (tertiary/aromatic N) is 5. The average molecular weight is 461 g/mol. The Morgan fingerprint density at radius 3 is 2.71 bits per heavy atom. The summed E-state index contributed by atoms with van der Waals surface area (Å²) in [6.07, 6.45) is 5.83. The van der Waals surface area contributed by atoms with Crippen molar-refractivity contribution in [1.82, 2.24) is 24.6 Å². The molecule has 1 aliphatic heterocycles. The molecule has 1 aromatic carbocycles. The molecule has 1 unspecified atom stereocenters. The molecule has 1 atom stereocenters. The minimum absolute atomic E-state index is 0.157. The molecule has 4 aromatic rings. The highest BCUT2D eigenvalue weighted by atomic mass is 19.1. The Hall–Kier alpha value is -3.36. The lowest BCUT2D eigenvalue weighted by atomic mass is 9.83. The van der Waals surface area contributed by atoms with Crippen LogP contribution in [0.25, 0.3) is 16.6 Å². The molecule has 176 valence electrons. The number of benzene rings is 1. The quantitative estimate of drug-likeness (QED) is 0.437. The Labute approximate surface area is 198 Å². The van der Waals surface area contributed by atoms with Crippen LogP contribution in [0.4, 0.5) is 15.9 Å². The molecule has 0 bridgehead atoms. The van der Waals surface area contributed by atoms with Crippen molar-refractivity contribution in [2.24, 2.45) is 5.92 Å². The van der Waals surface area contributed by atoms with Gasteiger partial charge >= 0.3 is 0 Å². The Bertz CT molecular complexity index is 1300. The fourth-order valence-electron chi connectivity index (χ4n) is 4.60. The van der Waals surface area contributed by atoms with Crippen molar-refractivity contribution in [3.63, 3.8) is 0 Å². The molecule has 1 fully saturated rings. The third-order valence-corrected chi connectivity index (χ3v) is 6.82. The molecule has 0 aliphatic carbocycles. The van der Waals surface area contributed by atoms with Crippen LogP contribution in [0, 0.1) is 11.7 Å². The third-order valence-electron chi connectivity index (χ3n) is 6.82. The zero-order valence-corrected chi connectivity index (χ0v) is 19.4. The number of piperidine rings is 1. The van der Waals surface area contributed by atoms with E-state index in [2.05, 4.69) is 46.4 Å². The second-order valence-electron chi connectivity index (χ2n) is 9.13. The first-order valence-corrected chi connectivity index (χ1v) is 11.7. The Morgan fingerprint density at radius 1 is 1.15 bits per heavy atom. The van der Waals surface area contributed by atoms with Gasteiger partial charge in [0.1, 0.15) is 11.6 Å². The van der Waals surface area contributed by atoms with Crippen molar-refractivity contribution in [3.8, 4) is 5.69 Å². The Kier molecular flexibility index (Phi) is 6.26. The van der Waals surface area contributed by atoms with Gasteiger partial charge in [0, 0.05) is 41.5 Å². The van der Waals surface area contributed by atoms with E-state index in [4.69, 9.17) is 4.98 Å². The van der Waals surface area contributed by atoms with E-state index in [1.54, 1.807) is 30.6 Å². The Morgan fingerprint density at radius 2 is 1.97 bits per heavy atom. The van der Waals surface area contributed by atoms with Gasteiger partial charge in [-0.25, -0.2) is 14.1 Å². The van der Waals surface area contributed by atoms with Gasteiger partial charge in [0.25, 0.3) is 0 Å². The van der Waals surface area contributed by atoms with Gasteiger partial charge in [-0.05, 0) is 69.2 Å². The number of nitrogens with one attached hydrogen (secondary N) is 1. The maximum absolute atomic E-state index is 14.8. The average Bonchev–Trinajstić information content (AvgIpc) is 3.34. The predicted octanol–water partition coefficient (Wildman–Crippen LogP) is 4.64. The summed E-state index contributed by atoms with van der Waals surface area (Å²) in [5.41, 5.74) is 3.36. The first kappa shape index (κ1) is 22.4. The highest BCUT2D eigenvalue weighted by Crippen LogP contribution is 2.32. The van der Waals surface area contributed by atoms with Crippen LogP contribution in [0.3, 0.4) is 0 Å². The molecular formula is C26H29FN6O. The van der Waals surface area contributed by atoms with E-state index in [9.17, 15) is 9.50 Å². The van der Waals surface area contributed by atoms with Crippen LogP contribution < -0.4 is 5.32 Å². The van der Waals surface area contributed by atoms with E-state index in [0.717, 1.165) is 29.7 Å². The van der Waals surface area contributed by atoms with E-state index < -0.39 is 5.82 Å². The molecule has 34 heavy (non-hydrogen) atoms. The fraction of sp³-hybridized carbons (Fsp3) is 0.346. The van der Waals surface area contributed by atoms with Gasteiger partial charge in [-0.3, -0.25) is 4.98 Å². The summed E-state index contributed by atoms with van der Waals surface area (Å²) in [5.74, 6) is 1.15. The van der Waals surface area contributed by atoms with Crippen molar-refractivity contribution in [3.05, 3.63) is 72.1 Å². The summed E-state index contributed by atoms with van der Waals surface area (Å²) < 4.78 is 16.4. The number of hydrogen-bond acceptors (Lipinski definition) is 6. The minimum atomic E-state index is -0.418. The molecule has 7 nitrogen and oxygen atoms in total. The van der Waals surface area contributed by atoms with Crippen LogP contribution in [0.15, 0.2) is 54.9 Å². The summed E-state index contributed by atoms with van der Waals surface area (Å²) in [4.78, 5) is 11.8. The molecule has 2 N–H and O–H groups in total. The number of aliphatic hydroxyl groups excluding tert-OH is 1. The molecule has 0 radical (unpaired) electrons. The smallest absolute Gasteiger partial charge is 0.148 e. The zero-order chi connectivity index (χ0) is 23.7. The fourth-order valence-corrected chi connectivity index (χ4v) is 4.60. The number of anilines is 2. The van der Waals surface area contributed by atoms with Crippen LogP contribution in [0.5, 0.6) is 0 Å². The van der Waals surface area contributed by atoms with Gasteiger partial charge in [0.05, 0.1) is 29.2 Å². The van der Waals surface area contributed by atoms with E-state index >= 15 is 0 Å². The molecule has 4 heterocycles. The van der Waals surface area contributed by atoms with Crippen LogP contribution in [-0.2, 0) is 6.61 Å². The molecule has 8 heteroatoms. The van der Waals surface area contributed by atoms with Crippen molar-refractivity contribution in [1.29, 1.82) is 0 Å². The maximum Gasteiger partial charge on any atom is 0.148 e. The lowest BCUT2D eigenvalue weighted by Crippen LogP contribution is -2.32. The topological polar surface area (TPSA) is 79.1 Å². The number of hydrogen-bond donors (Lipinski definition) is 2. The maximum atomic E-state index is 14.8. The van der Waals surface area contributed by atoms with Crippen molar-refractivity contribution in [2.45, 2.75) is 32.3 Å². The number of halogens is 1. The highest BCUT2D eigenvalue weighted by molar-refractivity contribution is 5.81. The largest absolute Gasteiger partial charge is 0.390 e. The SMILES string of the molecule is CC(c1ccc2cnc(Nc3ccc(-n4ccc(CO)n4)cc3F)cc2n1)C1CCN(C)CC1. The van der Waals surface area contributed by atoms with Crippen molar-refractivity contribution >= 4 is 22.4 Å². The van der Waals surface area contributed by atoms with Crippen molar-refractivity contribution < 1.29 is 9.50 Å². The molecule has 1 aliphatic rings. The first-order chi connectivity index (χ1) is 16.5. The van der Waals surface area contributed by atoms with E-state index in [1.165, 1.54) is 23.6 Å². The summed E-state index contributed by atoms with van der Waals surface area (Å²) in [6, 6.07) is 12.6. The van der Waals surface area contributed by atoms with E-state index in [-0.39, 0.29) is 6.61 Å². The summed E-state index contributed by atoms with van der Waals surface area (Å²) in [5, 5.41) is 17.4. The van der Waals surface area contributed by atoms with Gasteiger partial charge in [-0.2, -0.15) is 5.10 Å².